The molecule has 3 heterocycles. The summed E-state index contributed by atoms with van der Waals surface area (Å²) in [7, 11) is 1.60. The summed E-state index contributed by atoms with van der Waals surface area (Å²) in [4.78, 5) is 47.1. The molecule has 2 aromatic rings. The van der Waals surface area contributed by atoms with Gasteiger partial charge in [0.05, 0.1) is 35.5 Å². The first-order valence-electron chi connectivity index (χ1n) is 15.1. The van der Waals surface area contributed by atoms with Crippen LogP contribution in [0, 0.1) is 5.92 Å². The molecule has 4 rings (SSSR count). The average Bonchev–Trinajstić information content (AvgIpc) is 3.67. The number of hydrogen-bond acceptors (Lipinski definition) is 9. The second kappa shape index (κ2) is 13.7. The number of amides is 3. The molecule has 0 radical (unpaired) electrons. The fourth-order valence-electron chi connectivity index (χ4n) is 5.53. The molecule has 2 aliphatic rings. The summed E-state index contributed by atoms with van der Waals surface area (Å²) >= 11 is 1.70. The first-order chi connectivity index (χ1) is 20.6. The van der Waals surface area contributed by atoms with Crippen LogP contribution in [-0.4, -0.2) is 80.9 Å². The molecule has 1 saturated heterocycles. The summed E-state index contributed by atoms with van der Waals surface area (Å²) in [5, 5.41) is 18.0. The van der Waals surface area contributed by atoms with Gasteiger partial charge in [0.25, 0.3) is 0 Å². The third-order valence-electron chi connectivity index (χ3n) is 7.85. The number of β-amino-alcohol motifs (C(OH)–C–C–N with tert-alkyl or cyclic N) is 1. The smallest absolute Gasteiger partial charge is 0.410 e. The maximum Gasteiger partial charge on any atom is 0.410 e. The van der Waals surface area contributed by atoms with Gasteiger partial charge < -0.3 is 29.5 Å². The summed E-state index contributed by atoms with van der Waals surface area (Å²) in [5.74, 6) is -1.21. The second-order valence-electron chi connectivity index (χ2n) is 13.1. The molecule has 0 saturated carbocycles. The molecule has 0 aliphatic carbocycles. The molecule has 1 aromatic heterocycles. The monoisotopic (exact) mass is 627 g/mol. The minimum atomic E-state index is -0.825. The average molecular weight is 628 g/mol. The Kier molecular flexibility index (Phi) is 10.5. The minimum absolute atomic E-state index is 0.0465. The van der Waals surface area contributed by atoms with Crippen LogP contribution in [0.2, 0.25) is 0 Å². The fraction of sp³-hybridized carbons (Fsp3) is 0.594. The third-order valence-corrected chi connectivity index (χ3v) is 9.05. The van der Waals surface area contributed by atoms with Crippen molar-refractivity contribution in [1.29, 1.82) is 0 Å². The number of thioether (sulfide) groups is 1. The molecule has 1 aromatic carbocycles. The van der Waals surface area contributed by atoms with Gasteiger partial charge in [-0.2, -0.15) is 0 Å². The van der Waals surface area contributed by atoms with E-state index in [1.807, 2.05) is 38.5 Å². The van der Waals surface area contributed by atoms with E-state index < -0.39 is 29.8 Å². The van der Waals surface area contributed by atoms with Crippen LogP contribution in [-0.2, 0) is 20.9 Å². The lowest BCUT2D eigenvalue weighted by Crippen LogP contribution is -2.48. The molecule has 2 N–H and O–H groups in total. The first-order valence-corrected chi connectivity index (χ1v) is 16.0. The standard InChI is InChI=1S/C32H45N5O6S/c1-18(2)27(26-13-23(35-43-26)15-36(8)31(41)42-32(5,6)7)30(40)37-16-24(38)14-25(37)29(39)34-19(3)21-9-11-22(12-10-21)28-20(4)33-17-44-28/h9-13,17-20,24-25,27-28,38H,14-16H2,1-8H3,(H,34,39)/t19-,20?,24+,25-,27+,28?/m0/s1. The van der Waals surface area contributed by atoms with Crippen LogP contribution in [0.3, 0.4) is 0 Å². The van der Waals surface area contributed by atoms with Crippen molar-refractivity contribution in [3.8, 4) is 0 Å². The molecule has 1 fully saturated rings. The highest BCUT2D eigenvalue weighted by Crippen LogP contribution is 2.37. The molecule has 2 aliphatic heterocycles. The molecule has 11 nitrogen and oxygen atoms in total. The SMILES string of the molecule is CC1N=CSC1c1ccc([C@H](C)NC(=O)[C@@H]2C[C@@H](O)CN2C(=O)[C@@H](c2cc(CN(C)C(=O)OC(C)(C)C)no2)C(C)C)cc1. The summed E-state index contributed by atoms with van der Waals surface area (Å²) in [6.07, 6.45) is -1.17. The summed E-state index contributed by atoms with van der Waals surface area (Å²) in [6.45, 7) is 13.3. The van der Waals surface area contributed by atoms with Crippen LogP contribution in [0.1, 0.15) is 94.7 Å². The number of ether oxygens (including phenoxy) is 1. The van der Waals surface area contributed by atoms with E-state index in [1.165, 1.54) is 15.4 Å². The predicted octanol–water partition coefficient (Wildman–Crippen LogP) is 4.83. The number of aliphatic imine (C=N–C) groups is 1. The molecular weight excluding hydrogens is 582 g/mol. The lowest BCUT2D eigenvalue weighted by Gasteiger charge is -2.29. The Morgan fingerprint density at radius 1 is 1.20 bits per heavy atom. The Hall–Kier alpha value is -3.38. The van der Waals surface area contributed by atoms with Gasteiger partial charge in [-0.25, -0.2) is 4.79 Å². The van der Waals surface area contributed by atoms with E-state index in [0.29, 0.717) is 11.5 Å². The number of benzene rings is 1. The highest BCUT2D eigenvalue weighted by molar-refractivity contribution is 8.12. The van der Waals surface area contributed by atoms with Crippen molar-refractivity contribution in [2.75, 3.05) is 13.6 Å². The van der Waals surface area contributed by atoms with Crippen molar-refractivity contribution in [1.82, 2.24) is 20.3 Å². The van der Waals surface area contributed by atoms with Crippen LogP contribution in [0.5, 0.6) is 0 Å². The van der Waals surface area contributed by atoms with E-state index in [9.17, 15) is 19.5 Å². The molecular formula is C32H45N5O6S. The first kappa shape index (κ1) is 33.5. The van der Waals surface area contributed by atoms with Gasteiger partial charge in [0.2, 0.25) is 11.8 Å². The second-order valence-corrected chi connectivity index (χ2v) is 14.1. The quantitative estimate of drug-likeness (QED) is 0.404. The number of aliphatic hydroxyl groups is 1. The Balaban J connectivity index is 1.43. The molecule has 0 bridgehead atoms. The van der Waals surface area contributed by atoms with Gasteiger partial charge in [-0.15, -0.1) is 11.8 Å². The number of rotatable bonds is 9. The van der Waals surface area contributed by atoms with Crippen molar-refractivity contribution < 1.29 is 28.8 Å². The Bertz CT molecular complexity index is 1350. The van der Waals surface area contributed by atoms with Crippen molar-refractivity contribution >= 4 is 35.2 Å². The van der Waals surface area contributed by atoms with Crippen LogP contribution in [0.4, 0.5) is 4.79 Å². The molecule has 12 heteroatoms. The number of carbonyl (C=O) groups excluding carboxylic acids is 3. The molecule has 240 valence electrons. The number of nitrogens with one attached hydrogen (secondary N) is 1. The Labute approximate surface area is 263 Å². The summed E-state index contributed by atoms with van der Waals surface area (Å²) in [6, 6.07) is 8.92. The Morgan fingerprint density at radius 2 is 1.89 bits per heavy atom. The highest BCUT2D eigenvalue weighted by Gasteiger charge is 2.43. The lowest BCUT2D eigenvalue weighted by molar-refractivity contribution is -0.141. The third kappa shape index (κ3) is 8.01. The fourth-order valence-corrected chi connectivity index (χ4v) is 6.53. The Morgan fingerprint density at radius 3 is 2.48 bits per heavy atom. The molecule has 3 amide bonds. The van der Waals surface area contributed by atoms with Gasteiger partial charge >= 0.3 is 6.09 Å². The van der Waals surface area contributed by atoms with Crippen molar-refractivity contribution in [2.24, 2.45) is 10.9 Å². The normalized spacial score (nSPS) is 23.1. The van der Waals surface area contributed by atoms with E-state index in [4.69, 9.17) is 9.26 Å². The molecule has 2 unspecified atom stereocenters. The molecule has 0 spiro atoms. The van der Waals surface area contributed by atoms with E-state index in [2.05, 4.69) is 34.5 Å². The van der Waals surface area contributed by atoms with Gasteiger partial charge in [-0.05, 0) is 51.7 Å². The van der Waals surface area contributed by atoms with Gasteiger partial charge in [0.1, 0.15) is 29.0 Å². The van der Waals surface area contributed by atoms with E-state index in [-0.39, 0.29) is 54.6 Å². The predicted molar refractivity (Wildman–Crippen MR) is 169 cm³/mol. The van der Waals surface area contributed by atoms with Gasteiger partial charge in [0.15, 0.2) is 0 Å². The van der Waals surface area contributed by atoms with Crippen LogP contribution in [0.25, 0.3) is 0 Å². The number of likely N-dealkylation sites (tertiary alicyclic amines) is 1. The topological polar surface area (TPSA) is 138 Å². The molecule has 44 heavy (non-hydrogen) atoms. The van der Waals surface area contributed by atoms with E-state index in [1.54, 1.807) is 45.6 Å². The van der Waals surface area contributed by atoms with Crippen LogP contribution < -0.4 is 5.32 Å². The largest absolute Gasteiger partial charge is 0.444 e. The van der Waals surface area contributed by atoms with Gasteiger partial charge in [0, 0.05) is 26.1 Å². The number of carbonyl (C=O) groups is 3. The minimum Gasteiger partial charge on any atom is -0.444 e. The lowest BCUT2D eigenvalue weighted by atomic mass is 9.91. The van der Waals surface area contributed by atoms with E-state index in [0.717, 1.165) is 5.56 Å². The summed E-state index contributed by atoms with van der Waals surface area (Å²) in [5.41, 5.74) is 3.86. The van der Waals surface area contributed by atoms with Gasteiger partial charge in [-0.1, -0.05) is 43.3 Å². The number of aliphatic hydroxyl groups excluding tert-OH is 1. The zero-order chi connectivity index (χ0) is 32.3. The van der Waals surface area contributed by atoms with Crippen molar-refractivity contribution in [3.05, 3.63) is 52.9 Å². The maximum absolute atomic E-state index is 13.9. The zero-order valence-electron chi connectivity index (χ0n) is 26.8. The van der Waals surface area contributed by atoms with Crippen molar-refractivity contribution in [3.63, 3.8) is 0 Å². The number of aromatic nitrogens is 1. The number of nitrogens with zero attached hydrogens (tertiary/aromatic N) is 4. The van der Waals surface area contributed by atoms with Gasteiger partial charge in [-0.3, -0.25) is 14.6 Å². The van der Waals surface area contributed by atoms with E-state index >= 15 is 0 Å². The number of hydrogen-bond donors (Lipinski definition) is 2. The molecule has 6 atom stereocenters. The van der Waals surface area contributed by atoms with Crippen LogP contribution in [0.15, 0.2) is 39.8 Å². The highest BCUT2D eigenvalue weighted by atomic mass is 32.2. The summed E-state index contributed by atoms with van der Waals surface area (Å²) < 4.78 is 11.0. The zero-order valence-corrected chi connectivity index (χ0v) is 27.6. The maximum atomic E-state index is 13.9. The van der Waals surface area contributed by atoms with Crippen LogP contribution >= 0.6 is 11.8 Å². The van der Waals surface area contributed by atoms with Crippen molar-refractivity contribution in [2.45, 2.75) is 102 Å².